The standard InChI is InChI=1S/C12H17N3OS/c1-8(16)15-4-2-3-9(7-15)12-14-10-5-13-6-11(10)17-12/h9,13H,2-7H2,1H3. The Kier molecular flexibility index (Phi) is 2.88. The van der Waals surface area contributed by atoms with E-state index in [1.54, 1.807) is 6.92 Å². The Bertz CT molecular complexity index is 421. The number of hydrogen-bond donors (Lipinski definition) is 1. The largest absolute Gasteiger partial charge is 0.342 e. The molecule has 2 aliphatic rings. The molecule has 2 aliphatic heterocycles. The van der Waals surface area contributed by atoms with Crippen LogP contribution < -0.4 is 5.32 Å². The van der Waals surface area contributed by atoms with Crippen LogP contribution in [0.2, 0.25) is 0 Å². The van der Waals surface area contributed by atoms with Crippen molar-refractivity contribution in [3.05, 3.63) is 15.6 Å². The average molecular weight is 251 g/mol. The summed E-state index contributed by atoms with van der Waals surface area (Å²) in [4.78, 5) is 19.5. The second-order valence-corrected chi connectivity index (χ2v) is 5.94. The summed E-state index contributed by atoms with van der Waals surface area (Å²) in [6, 6.07) is 0. The van der Waals surface area contributed by atoms with Crippen LogP contribution in [0.25, 0.3) is 0 Å². The molecule has 1 aromatic rings. The zero-order valence-electron chi connectivity index (χ0n) is 10.0. The minimum absolute atomic E-state index is 0.195. The van der Waals surface area contributed by atoms with E-state index in [0.29, 0.717) is 5.92 Å². The molecule has 1 aromatic heterocycles. The van der Waals surface area contributed by atoms with Crippen LogP contribution in [0.15, 0.2) is 0 Å². The number of nitrogens with zero attached hydrogens (tertiary/aromatic N) is 2. The van der Waals surface area contributed by atoms with Crippen LogP contribution in [-0.4, -0.2) is 28.9 Å². The minimum atomic E-state index is 0.195. The van der Waals surface area contributed by atoms with E-state index < -0.39 is 0 Å². The van der Waals surface area contributed by atoms with Crippen LogP contribution in [0.1, 0.15) is 41.3 Å². The van der Waals surface area contributed by atoms with E-state index in [-0.39, 0.29) is 5.91 Å². The lowest BCUT2D eigenvalue weighted by atomic mass is 9.99. The second kappa shape index (κ2) is 4.38. The number of rotatable bonds is 1. The van der Waals surface area contributed by atoms with Crippen LogP contribution in [0, 0.1) is 0 Å². The van der Waals surface area contributed by atoms with Gasteiger partial charge in [-0.05, 0) is 12.8 Å². The van der Waals surface area contributed by atoms with Gasteiger partial charge in [0.1, 0.15) is 0 Å². The fraction of sp³-hybridized carbons (Fsp3) is 0.667. The molecule has 1 N–H and O–H groups in total. The van der Waals surface area contributed by atoms with Gasteiger partial charge >= 0.3 is 0 Å². The lowest BCUT2D eigenvalue weighted by Crippen LogP contribution is -2.37. The summed E-state index contributed by atoms with van der Waals surface area (Å²) in [5.41, 5.74) is 1.23. The van der Waals surface area contributed by atoms with Crippen molar-refractivity contribution < 1.29 is 4.79 Å². The van der Waals surface area contributed by atoms with Gasteiger partial charge in [0.2, 0.25) is 5.91 Å². The first-order valence-corrected chi connectivity index (χ1v) is 7.00. The number of nitrogens with one attached hydrogen (secondary N) is 1. The van der Waals surface area contributed by atoms with Gasteiger partial charge in [-0.15, -0.1) is 11.3 Å². The molecular formula is C12H17N3OS. The molecule has 1 fully saturated rings. The van der Waals surface area contributed by atoms with Gasteiger partial charge in [0.25, 0.3) is 0 Å². The van der Waals surface area contributed by atoms with Crippen molar-refractivity contribution in [1.29, 1.82) is 0 Å². The first kappa shape index (κ1) is 11.2. The van der Waals surface area contributed by atoms with Crippen LogP contribution in [-0.2, 0) is 17.9 Å². The molecule has 0 bridgehead atoms. The van der Waals surface area contributed by atoms with Crippen LogP contribution in [0.3, 0.4) is 0 Å². The normalized spacial score (nSPS) is 23.8. The highest BCUT2D eigenvalue weighted by molar-refractivity contribution is 7.11. The van der Waals surface area contributed by atoms with E-state index in [1.807, 2.05) is 16.2 Å². The Morgan fingerprint density at radius 3 is 3.18 bits per heavy atom. The smallest absolute Gasteiger partial charge is 0.219 e. The number of thiazole rings is 1. The Hall–Kier alpha value is -0.940. The maximum Gasteiger partial charge on any atom is 0.219 e. The lowest BCUT2D eigenvalue weighted by Gasteiger charge is -2.31. The molecule has 5 heteroatoms. The summed E-state index contributed by atoms with van der Waals surface area (Å²) in [6.07, 6.45) is 2.27. The summed E-state index contributed by atoms with van der Waals surface area (Å²) in [5.74, 6) is 0.656. The highest BCUT2D eigenvalue weighted by Gasteiger charge is 2.27. The molecule has 0 aliphatic carbocycles. The topological polar surface area (TPSA) is 45.2 Å². The maximum absolute atomic E-state index is 11.4. The quantitative estimate of drug-likeness (QED) is 0.822. The number of hydrogen-bond acceptors (Lipinski definition) is 4. The number of carbonyl (C=O) groups is 1. The van der Waals surface area contributed by atoms with E-state index in [2.05, 4.69) is 5.32 Å². The SMILES string of the molecule is CC(=O)N1CCCC(c2nc3c(s2)CNC3)C1. The predicted molar refractivity (Wildman–Crippen MR) is 66.9 cm³/mol. The zero-order chi connectivity index (χ0) is 11.8. The average Bonchev–Trinajstić information content (AvgIpc) is 2.89. The van der Waals surface area contributed by atoms with E-state index in [9.17, 15) is 4.79 Å². The van der Waals surface area contributed by atoms with E-state index in [0.717, 1.165) is 32.6 Å². The number of fused-ring (bicyclic) bond motifs is 1. The van der Waals surface area contributed by atoms with Gasteiger partial charge in [-0.1, -0.05) is 0 Å². The van der Waals surface area contributed by atoms with Crippen molar-refractivity contribution in [1.82, 2.24) is 15.2 Å². The van der Waals surface area contributed by atoms with E-state index in [1.165, 1.54) is 22.0 Å². The molecule has 0 radical (unpaired) electrons. The molecule has 1 unspecified atom stereocenters. The molecule has 0 aromatic carbocycles. The molecule has 1 saturated heterocycles. The molecular weight excluding hydrogens is 234 g/mol. The number of carbonyl (C=O) groups excluding carboxylic acids is 1. The Labute approximate surface area is 105 Å². The molecule has 1 amide bonds. The van der Waals surface area contributed by atoms with Crippen molar-refractivity contribution >= 4 is 17.2 Å². The highest BCUT2D eigenvalue weighted by atomic mass is 32.1. The van der Waals surface area contributed by atoms with Crippen LogP contribution in [0.4, 0.5) is 0 Å². The van der Waals surface area contributed by atoms with Gasteiger partial charge in [-0.25, -0.2) is 4.98 Å². The highest BCUT2D eigenvalue weighted by Crippen LogP contribution is 2.33. The molecule has 4 nitrogen and oxygen atoms in total. The number of amides is 1. The van der Waals surface area contributed by atoms with Crippen molar-refractivity contribution in [2.45, 2.75) is 38.8 Å². The van der Waals surface area contributed by atoms with Gasteiger partial charge in [0.15, 0.2) is 0 Å². The molecule has 1 atom stereocenters. The minimum Gasteiger partial charge on any atom is -0.342 e. The third-order valence-electron chi connectivity index (χ3n) is 3.59. The second-order valence-electron chi connectivity index (χ2n) is 4.83. The molecule has 3 rings (SSSR count). The lowest BCUT2D eigenvalue weighted by molar-refractivity contribution is -0.130. The first-order valence-electron chi connectivity index (χ1n) is 6.19. The van der Waals surface area contributed by atoms with Gasteiger partial charge in [0, 0.05) is 43.9 Å². The maximum atomic E-state index is 11.4. The summed E-state index contributed by atoms with van der Waals surface area (Å²) in [7, 11) is 0. The molecule has 3 heterocycles. The summed E-state index contributed by atoms with van der Waals surface area (Å²) < 4.78 is 0. The third kappa shape index (κ3) is 2.09. The molecule has 0 saturated carbocycles. The summed E-state index contributed by atoms with van der Waals surface area (Å²) in [6.45, 7) is 5.31. The third-order valence-corrected chi connectivity index (χ3v) is 4.85. The van der Waals surface area contributed by atoms with Crippen molar-refractivity contribution in [3.8, 4) is 0 Å². The van der Waals surface area contributed by atoms with Crippen molar-refractivity contribution in [2.24, 2.45) is 0 Å². The van der Waals surface area contributed by atoms with E-state index in [4.69, 9.17) is 4.98 Å². The Morgan fingerprint density at radius 1 is 1.53 bits per heavy atom. The van der Waals surface area contributed by atoms with Crippen LogP contribution in [0.5, 0.6) is 0 Å². The number of piperidine rings is 1. The fourth-order valence-corrected chi connectivity index (χ4v) is 3.79. The van der Waals surface area contributed by atoms with Crippen molar-refractivity contribution in [3.63, 3.8) is 0 Å². The number of likely N-dealkylation sites (tertiary alicyclic amines) is 1. The van der Waals surface area contributed by atoms with Gasteiger partial charge < -0.3 is 10.2 Å². The molecule has 92 valence electrons. The monoisotopic (exact) mass is 251 g/mol. The van der Waals surface area contributed by atoms with Crippen LogP contribution >= 0.6 is 11.3 Å². The van der Waals surface area contributed by atoms with Crippen molar-refractivity contribution in [2.75, 3.05) is 13.1 Å². The molecule has 0 spiro atoms. The zero-order valence-corrected chi connectivity index (χ0v) is 10.8. The summed E-state index contributed by atoms with van der Waals surface area (Å²) in [5, 5.41) is 4.55. The fourth-order valence-electron chi connectivity index (χ4n) is 2.61. The molecule has 17 heavy (non-hydrogen) atoms. The van der Waals surface area contributed by atoms with Gasteiger partial charge in [-0.2, -0.15) is 0 Å². The predicted octanol–water partition coefficient (Wildman–Crippen LogP) is 1.47. The summed E-state index contributed by atoms with van der Waals surface area (Å²) >= 11 is 1.83. The van der Waals surface area contributed by atoms with Gasteiger partial charge in [-0.3, -0.25) is 4.79 Å². The Morgan fingerprint density at radius 2 is 2.41 bits per heavy atom. The van der Waals surface area contributed by atoms with Gasteiger partial charge in [0.05, 0.1) is 10.7 Å². The first-order chi connectivity index (χ1) is 8.24. The number of aromatic nitrogens is 1. The van der Waals surface area contributed by atoms with E-state index >= 15 is 0 Å². The Balaban J connectivity index is 1.76.